The summed E-state index contributed by atoms with van der Waals surface area (Å²) in [6, 6.07) is 3.49. The standard InChI is InChI=1S/C10H8BrClN2O2/c1-16-10(15)7-5-2-4(11)3-6(12)8(5)14-9(7)13/h2-3,14H,13H2,1H3. The first-order valence-corrected chi connectivity index (χ1v) is 5.56. The van der Waals surface area contributed by atoms with Gasteiger partial charge in [0, 0.05) is 9.86 Å². The predicted molar refractivity (Wildman–Crippen MR) is 66.8 cm³/mol. The SMILES string of the molecule is COC(=O)c1c(N)[nH]c2c(Cl)cc(Br)cc12. The Kier molecular flexibility index (Phi) is 2.82. The molecule has 0 fully saturated rings. The monoisotopic (exact) mass is 302 g/mol. The number of hydrogen-bond donors (Lipinski definition) is 2. The fourth-order valence-corrected chi connectivity index (χ4v) is 2.42. The number of nitrogens with two attached hydrogens (primary N) is 1. The molecule has 4 nitrogen and oxygen atoms in total. The lowest BCUT2D eigenvalue weighted by atomic mass is 10.1. The highest BCUT2D eigenvalue weighted by Crippen LogP contribution is 2.33. The van der Waals surface area contributed by atoms with Crippen molar-refractivity contribution in [3.63, 3.8) is 0 Å². The zero-order chi connectivity index (χ0) is 11.9. The number of aromatic amines is 1. The van der Waals surface area contributed by atoms with E-state index >= 15 is 0 Å². The molecule has 0 radical (unpaired) electrons. The third-order valence-electron chi connectivity index (χ3n) is 2.24. The van der Waals surface area contributed by atoms with Gasteiger partial charge in [-0.1, -0.05) is 27.5 Å². The van der Waals surface area contributed by atoms with Crippen molar-refractivity contribution >= 4 is 50.2 Å². The van der Waals surface area contributed by atoms with Crippen molar-refractivity contribution < 1.29 is 9.53 Å². The molecule has 1 aromatic heterocycles. The third kappa shape index (κ3) is 1.66. The molecule has 0 atom stereocenters. The Morgan fingerprint density at radius 2 is 2.25 bits per heavy atom. The number of carbonyl (C=O) groups is 1. The molecule has 0 aliphatic heterocycles. The number of H-pyrrole nitrogens is 1. The summed E-state index contributed by atoms with van der Waals surface area (Å²) in [4.78, 5) is 14.4. The van der Waals surface area contributed by atoms with Crippen molar-refractivity contribution in [2.75, 3.05) is 12.8 Å². The summed E-state index contributed by atoms with van der Waals surface area (Å²) in [5.41, 5.74) is 6.65. The predicted octanol–water partition coefficient (Wildman–Crippen LogP) is 2.95. The maximum absolute atomic E-state index is 11.6. The number of fused-ring (bicyclic) bond motifs is 1. The summed E-state index contributed by atoms with van der Waals surface area (Å²) in [7, 11) is 1.31. The Morgan fingerprint density at radius 1 is 1.56 bits per heavy atom. The lowest BCUT2D eigenvalue weighted by molar-refractivity contribution is 0.0604. The maximum atomic E-state index is 11.6. The second-order valence-corrected chi connectivity index (χ2v) is 4.54. The van der Waals surface area contributed by atoms with Gasteiger partial charge in [-0.2, -0.15) is 0 Å². The number of aromatic nitrogens is 1. The van der Waals surface area contributed by atoms with Crippen LogP contribution in [0.5, 0.6) is 0 Å². The van der Waals surface area contributed by atoms with Crippen LogP contribution in [0.4, 0.5) is 5.82 Å². The van der Waals surface area contributed by atoms with E-state index in [9.17, 15) is 4.79 Å². The van der Waals surface area contributed by atoms with Crippen molar-refractivity contribution in [3.05, 3.63) is 27.2 Å². The Bertz CT molecular complexity index is 580. The van der Waals surface area contributed by atoms with Crippen LogP contribution in [0.3, 0.4) is 0 Å². The van der Waals surface area contributed by atoms with Crippen molar-refractivity contribution in [1.29, 1.82) is 0 Å². The van der Waals surface area contributed by atoms with Crippen LogP contribution in [0.15, 0.2) is 16.6 Å². The number of nitrogens with one attached hydrogen (secondary N) is 1. The number of carbonyl (C=O) groups excluding carboxylic acids is 1. The van der Waals surface area contributed by atoms with E-state index in [0.717, 1.165) is 4.47 Å². The molecule has 1 heterocycles. The van der Waals surface area contributed by atoms with Crippen LogP contribution in [0, 0.1) is 0 Å². The second-order valence-electron chi connectivity index (χ2n) is 3.22. The lowest BCUT2D eigenvalue weighted by Crippen LogP contribution is -2.03. The van der Waals surface area contributed by atoms with Gasteiger partial charge in [0.05, 0.1) is 17.6 Å². The van der Waals surface area contributed by atoms with Crippen LogP contribution in [0.2, 0.25) is 5.02 Å². The zero-order valence-electron chi connectivity index (χ0n) is 8.30. The number of halogens is 2. The fourth-order valence-electron chi connectivity index (χ4n) is 1.56. The van der Waals surface area contributed by atoms with E-state index in [1.54, 1.807) is 12.1 Å². The van der Waals surface area contributed by atoms with Crippen LogP contribution < -0.4 is 5.73 Å². The fraction of sp³-hybridized carbons (Fsp3) is 0.100. The number of methoxy groups -OCH3 is 1. The van der Waals surface area contributed by atoms with Crippen LogP contribution in [0.1, 0.15) is 10.4 Å². The Morgan fingerprint density at radius 3 is 2.88 bits per heavy atom. The first kappa shape index (κ1) is 11.3. The summed E-state index contributed by atoms with van der Waals surface area (Å²) in [6.07, 6.45) is 0. The van der Waals surface area contributed by atoms with Crippen LogP contribution >= 0.6 is 27.5 Å². The number of benzene rings is 1. The molecule has 0 amide bonds. The van der Waals surface area contributed by atoms with Crippen LogP contribution in [-0.4, -0.2) is 18.1 Å². The molecular formula is C10H8BrClN2O2. The smallest absolute Gasteiger partial charge is 0.342 e. The average molecular weight is 304 g/mol. The first-order chi connectivity index (χ1) is 7.54. The summed E-state index contributed by atoms with van der Waals surface area (Å²) >= 11 is 9.33. The van der Waals surface area contributed by atoms with Gasteiger partial charge in [0.1, 0.15) is 11.4 Å². The molecule has 2 rings (SSSR count). The van der Waals surface area contributed by atoms with Gasteiger partial charge < -0.3 is 15.5 Å². The number of rotatable bonds is 1. The number of anilines is 1. The highest BCUT2D eigenvalue weighted by molar-refractivity contribution is 9.10. The van der Waals surface area contributed by atoms with E-state index in [1.807, 2.05) is 0 Å². The van der Waals surface area contributed by atoms with E-state index in [0.29, 0.717) is 21.5 Å². The van der Waals surface area contributed by atoms with E-state index < -0.39 is 5.97 Å². The van der Waals surface area contributed by atoms with Crippen molar-refractivity contribution in [2.45, 2.75) is 0 Å². The topological polar surface area (TPSA) is 68.1 Å². The molecule has 0 saturated carbocycles. The van der Waals surface area contributed by atoms with Crippen molar-refractivity contribution in [3.8, 4) is 0 Å². The molecule has 3 N–H and O–H groups in total. The number of hydrogen-bond acceptors (Lipinski definition) is 3. The molecule has 1 aromatic carbocycles. The van der Waals surface area contributed by atoms with Gasteiger partial charge in [0.15, 0.2) is 0 Å². The normalized spacial score (nSPS) is 10.7. The number of ether oxygens (including phenoxy) is 1. The first-order valence-electron chi connectivity index (χ1n) is 4.39. The molecule has 2 aromatic rings. The largest absolute Gasteiger partial charge is 0.465 e. The van der Waals surface area contributed by atoms with Gasteiger partial charge in [-0.15, -0.1) is 0 Å². The second kappa shape index (κ2) is 3.99. The van der Waals surface area contributed by atoms with E-state index in [4.69, 9.17) is 17.3 Å². The quantitative estimate of drug-likeness (QED) is 0.796. The molecule has 6 heteroatoms. The van der Waals surface area contributed by atoms with Gasteiger partial charge in [-0.25, -0.2) is 4.79 Å². The lowest BCUT2D eigenvalue weighted by Gasteiger charge is -1.99. The minimum Gasteiger partial charge on any atom is -0.465 e. The Balaban J connectivity index is 2.83. The zero-order valence-corrected chi connectivity index (χ0v) is 10.6. The Labute approximate surface area is 105 Å². The maximum Gasteiger partial charge on any atom is 0.342 e. The highest BCUT2D eigenvalue weighted by Gasteiger charge is 2.19. The van der Waals surface area contributed by atoms with Gasteiger partial charge >= 0.3 is 5.97 Å². The summed E-state index contributed by atoms with van der Waals surface area (Å²) in [5.74, 6) is -0.236. The minimum absolute atomic E-state index is 0.252. The molecular weight excluding hydrogens is 295 g/mol. The van der Waals surface area contributed by atoms with E-state index in [-0.39, 0.29) is 5.82 Å². The molecule has 0 unspecified atom stereocenters. The molecule has 0 aliphatic rings. The molecule has 84 valence electrons. The molecule has 0 spiro atoms. The molecule has 0 bridgehead atoms. The van der Waals surface area contributed by atoms with E-state index in [1.165, 1.54) is 7.11 Å². The summed E-state index contributed by atoms with van der Waals surface area (Å²) < 4.78 is 5.44. The molecule has 0 aliphatic carbocycles. The third-order valence-corrected chi connectivity index (χ3v) is 3.00. The van der Waals surface area contributed by atoms with E-state index in [2.05, 4.69) is 25.7 Å². The van der Waals surface area contributed by atoms with Gasteiger partial charge in [0.2, 0.25) is 0 Å². The van der Waals surface area contributed by atoms with Gasteiger partial charge in [0.25, 0.3) is 0 Å². The van der Waals surface area contributed by atoms with Crippen molar-refractivity contribution in [1.82, 2.24) is 4.98 Å². The van der Waals surface area contributed by atoms with Crippen molar-refractivity contribution in [2.24, 2.45) is 0 Å². The minimum atomic E-state index is -0.488. The Hall–Kier alpha value is -1.20. The summed E-state index contributed by atoms with van der Waals surface area (Å²) in [5, 5.41) is 1.13. The summed E-state index contributed by atoms with van der Waals surface area (Å²) in [6.45, 7) is 0. The molecule has 16 heavy (non-hydrogen) atoms. The highest BCUT2D eigenvalue weighted by atomic mass is 79.9. The molecule has 0 saturated heterocycles. The van der Waals surface area contributed by atoms with Crippen LogP contribution in [0.25, 0.3) is 10.9 Å². The number of nitrogen functional groups attached to an aromatic ring is 1. The van der Waals surface area contributed by atoms with Gasteiger partial charge in [-0.3, -0.25) is 0 Å². The average Bonchev–Trinajstić information content (AvgIpc) is 2.54. The van der Waals surface area contributed by atoms with Gasteiger partial charge in [-0.05, 0) is 12.1 Å². The number of esters is 1. The van der Waals surface area contributed by atoms with Crippen LogP contribution in [-0.2, 0) is 4.74 Å².